The maximum Gasteiger partial charge on any atom is 0.194 e. The van der Waals surface area contributed by atoms with Gasteiger partial charge in [0.25, 0.3) is 0 Å². The number of ether oxygens (including phenoxy) is 1. The zero-order chi connectivity index (χ0) is 17.4. The van der Waals surface area contributed by atoms with E-state index in [0.29, 0.717) is 6.54 Å². The monoisotopic (exact) mass is 446 g/mol. The highest BCUT2D eigenvalue weighted by atomic mass is 127. The van der Waals surface area contributed by atoms with Gasteiger partial charge in [-0.1, -0.05) is 13.8 Å². The first-order valence-corrected chi connectivity index (χ1v) is 8.13. The highest BCUT2D eigenvalue weighted by molar-refractivity contribution is 14.0. The maximum atomic E-state index is 5.48. The zero-order valence-electron chi connectivity index (χ0n) is 16.1. The van der Waals surface area contributed by atoms with E-state index >= 15 is 0 Å². The van der Waals surface area contributed by atoms with Gasteiger partial charge >= 0.3 is 0 Å². The van der Waals surface area contributed by atoms with Gasteiger partial charge < -0.3 is 15.0 Å². The Bertz CT molecular complexity index is 626. The van der Waals surface area contributed by atoms with Gasteiger partial charge in [-0.25, -0.2) is 0 Å². The summed E-state index contributed by atoms with van der Waals surface area (Å²) < 4.78 is 5.48. The highest BCUT2D eigenvalue weighted by Gasteiger charge is 2.53. The molecule has 1 N–H and O–H groups in total. The molecule has 136 valence electrons. The van der Waals surface area contributed by atoms with E-state index in [2.05, 4.69) is 54.8 Å². The van der Waals surface area contributed by atoms with Crippen molar-refractivity contribution in [2.45, 2.75) is 53.6 Å². The lowest BCUT2D eigenvalue weighted by Crippen LogP contribution is -2.72. The number of likely N-dealkylation sites (tertiary alicyclic amines) is 1. The molecule has 1 aromatic rings. The standard InChI is InChI=1S/C18H30N4O.HI/c1-12-9-20-14(13(2)15(12)23-8)10-21-16(19-7)22-11-17(3,4)18(22,5)6;/h9H,10-11H2,1-8H3,(H,19,21);1H. The molecule has 0 spiro atoms. The van der Waals surface area contributed by atoms with E-state index in [1.807, 2.05) is 20.2 Å². The van der Waals surface area contributed by atoms with Crippen LogP contribution in [0.1, 0.15) is 44.5 Å². The smallest absolute Gasteiger partial charge is 0.194 e. The van der Waals surface area contributed by atoms with E-state index in [1.54, 1.807) is 7.11 Å². The van der Waals surface area contributed by atoms with Gasteiger partial charge in [0, 0.05) is 41.9 Å². The lowest BCUT2D eigenvalue weighted by Gasteiger charge is -2.62. The van der Waals surface area contributed by atoms with Gasteiger partial charge in [0.05, 0.1) is 19.3 Å². The summed E-state index contributed by atoms with van der Waals surface area (Å²) in [5, 5.41) is 3.45. The molecule has 24 heavy (non-hydrogen) atoms. The lowest BCUT2D eigenvalue weighted by atomic mass is 9.65. The number of aliphatic imine (C=N–C) groups is 1. The minimum Gasteiger partial charge on any atom is -0.496 e. The Morgan fingerprint density at radius 2 is 1.96 bits per heavy atom. The van der Waals surface area contributed by atoms with E-state index in [9.17, 15) is 0 Å². The van der Waals surface area contributed by atoms with Crippen molar-refractivity contribution < 1.29 is 4.74 Å². The Hall–Kier alpha value is -1.05. The first-order valence-electron chi connectivity index (χ1n) is 8.13. The number of nitrogens with zero attached hydrogens (tertiary/aromatic N) is 3. The quantitative estimate of drug-likeness (QED) is 0.439. The molecule has 0 amide bonds. The summed E-state index contributed by atoms with van der Waals surface area (Å²) in [5.41, 5.74) is 3.50. The lowest BCUT2D eigenvalue weighted by molar-refractivity contribution is -0.0668. The molecule has 2 heterocycles. The van der Waals surface area contributed by atoms with Gasteiger partial charge in [-0.15, -0.1) is 24.0 Å². The predicted octanol–water partition coefficient (Wildman–Crippen LogP) is 3.52. The number of aryl methyl sites for hydroxylation is 1. The molecular formula is C18H31IN4O. The molecule has 0 bridgehead atoms. The summed E-state index contributed by atoms with van der Waals surface area (Å²) in [5.74, 6) is 1.84. The molecule has 1 saturated heterocycles. The van der Waals surface area contributed by atoms with Crippen molar-refractivity contribution in [3.8, 4) is 5.75 Å². The first kappa shape index (κ1) is 21.0. The number of guanidine groups is 1. The Balaban J connectivity index is 0.00000288. The fourth-order valence-electron chi connectivity index (χ4n) is 3.11. The summed E-state index contributed by atoms with van der Waals surface area (Å²) >= 11 is 0. The van der Waals surface area contributed by atoms with Crippen LogP contribution in [-0.2, 0) is 6.54 Å². The van der Waals surface area contributed by atoms with Crippen LogP contribution < -0.4 is 10.1 Å². The van der Waals surface area contributed by atoms with Crippen molar-refractivity contribution in [2.75, 3.05) is 20.7 Å². The minimum absolute atomic E-state index is 0. The van der Waals surface area contributed by atoms with E-state index in [4.69, 9.17) is 4.74 Å². The molecule has 1 aliphatic heterocycles. The molecule has 0 aliphatic carbocycles. The molecule has 0 unspecified atom stereocenters. The number of hydrogen-bond donors (Lipinski definition) is 1. The topological polar surface area (TPSA) is 49.8 Å². The molecule has 5 nitrogen and oxygen atoms in total. The number of methoxy groups -OCH3 is 1. The van der Waals surface area contributed by atoms with E-state index < -0.39 is 0 Å². The van der Waals surface area contributed by atoms with Crippen molar-refractivity contribution in [3.05, 3.63) is 23.0 Å². The molecule has 1 aromatic heterocycles. The maximum absolute atomic E-state index is 5.48. The van der Waals surface area contributed by atoms with E-state index in [1.165, 1.54) is 0 Å². The fourth-order valence-corrected chi connectivity index (χ4v) is 3.11. The molecule has 1 fully saturated rings. The third-order valence-electron chi connectivity index (χ3n) is 5.52. The van der Waals surface area contributed by atoms with Crippen molar-refractivity contribution in [1.82, 2.24) is 15.2 Å². The second-order valence-electron chi connectivity index (χ2n) is 7.48. The van der Waals surface area contributed by atoms with Gasteiger partial charge in [0.15, 0.2) is 5.96 Å². The van der Waals surface area contributed by atoms with Crippen LogP contribution >= 0.6 is 24.0 Å². The minimum atomic E-state index is 0. The third kappa shape index (κ3) is 3.48. The van der Waals surface area contributed by atoms with Crippen molar-refractivity contribution in [3.63, 3.8) is 0 Å². The molecule has 0 radical (unpaired) electrons. The van der Waals surface area contributed by atoms with Crippen LogP contribution in [0.15, 0.2) is 11.2 Å². The zero-order valence-corrected chi connectivity index (χ0v) is 18.5. The van der Waals surface area contributed by atoms with Crippen LogP contribution in [-0.4, -0.2) is 42.1 Å². The molecule has 6 heteroatoms. The molecule has 0 saturated carbocycles. The van der Waals surface area contributed by atoms with Crippen molar-refractivity contribution >= 4 is 29.9 Å². The van der Waals surface area contributed by atoms with Crippen LogP contribution in [0.3, 0.4) is 0 Å². The SMILES string of the molecule is CN=C(NCc1ncc(C)c(OC)c1C)N1CC(C)(C)C1(C)C.I. The average molecular weight is 446 g/mol. The van der Waals surface area contributed by atoms with Crippen molar-refractivity contribution in [2.24, 2.45) is 10.4 Å². The molecule has 0 aromatic carbocycles. The van der Waals surface area contributed by atoms with Crippen LogP contribution in [0.4, 0.5) is 0 Å². The Morgan fingerprint density at radius 3 is 2.42 bits per heavy atom. The number of rotatable bonds is 3. The van der Waals surface area contributed by atoms with Gasteiger partial charge in [-0.05, 0) is 27.7 Å². The molecule has 0 atom stereocenters. The fraction of sp³-hybridized carbons (Fsp3) is 0.667. The number of hydrogen-bond acceptors (Lipinski definition) is 3. The highest BCUT2D eigenvalue weighted by Crippen LogP contribution is 2.46. The second kappa shape index (κ2) is 7.45. The second-order valence-corrected chi connectivity index (χ2v) is 7.48. The summed E-state index contributed by atoms with van der Waals surface area (Å²) in [6.45, 7) is 14.8. The van der Waals surface area contributed by atoms with Crippen molar-refractivity contribution in [1.29, 1.82) is 0 Å². The Labute approximate surface area is 163 Å². The van der Waals surface area contributed by atoms with Crippen LogP contribution in [0.2, 0.25) is 0 Å². The Kier molecular flexibility index (Phi) is 6.52. The van der Waals surface area contributed by atoms with Gasteiger partial charge in [0.2, 0.25) is 0 Å². The Morgan fingerprint density at radius 1 is 1.33 bits per heavy atom. The van der Waals surface area contributed by atoms with Crippen LogP contribution in [0, 0.1) is 19.3 Å². The third-order valence-corrected chi connectivity index (χ3v) is 5.52. The summed E-state index contributed by atoms with van der Waals surface area (Å²) in [4.78, 5) is 11.3. The van der Waals surface area contributed by atoms with Crippen LogP contribution in [0.25, 0.3) is 0 Å². The predicted molar refractivity (Wildman–Crippen MR) is 110 cm³/mol. The van der Waals surface area contributed by atoms with E-state index in [-0.39, 0.29) is 34.9 Å². The van der Waals surface area contributed by atoms with E-state index in [0.717, 1.165) is 35.1 Å². The molecule has 2 rings (SSSR count). The number of aromatic nitrogens is 1. The van der Waals surface area contributed by atoms with Gasteiger partial charge in [-0.2, -0.15) is 0 Å². The average Bonchev–Trinajstić information content (AvgIpc) is 2.49. The summed E-state index contributed by atoms with van der Waals surface area (Å²) in [6, 6.07) is 0. The van der Waals surface area contributed by atoms with Gasteiger partial charge in [0.1, 0.15) is 5.75 Å². The first-order chi connectivity index (χ1) is 10.7. The number of halogens is 1. The number of nitrogens with one attached hydrogen (secondary N) is 1. The molecular weight excluding hydrogens is 415 g/mol. The summed E-state index contributed by atoms with van der Waals surface area (Å²) in [7, 11) is 3.54. The number of pyridine rings is 1. The molecule has 1 aliphatic rings. The normalized spacial score (nSPS) is 18.5. The van der Waals surface area contributed by atoms with Gasteiger partial charge in [-0.3, -0.25) is 9.98 Å². The van der Waals surface area contributed by atoms with Crippen LogP contribution in [0.5, 0.6) is 5.75 Å². The largest absolute Gasteiger partial charge is 0.496 e. The summed E-state index contributed by atoms with van der Waals surface area (Å²) in [6.07, 6.45) is 1.86.